The van der Waals surface area contributed by atoms with Crippen LogP contribution < -0.4 is 0 Å². The molecule has 36 nitrogen and oxygen atoms in total. The van der Waals surface area contributed by atoms with Crippen LogP contribution in [0.1, 0.15) is 129 Å². The molecule has 552 valence electrons. The Morgan fingerprint density at radius 1 is 0.316 bits per heavy atom. The van der Waals surface area contributed by atoms with Gasteiger partial charge in [0.2, 0.25) is 0 Å². The molecule has 5 unspecified atom stereocenters. The van der Waals surface area contributed by atoms with Crippen LogP contribution in [0.5, 0.6) is 0 Å². The van der Waals surface area contributed by atoms with E-state index in [1.54, 1.807) is 0 Å². The van der Waals surface area contributed by atoms with Gasteiger partial charge in [0.15, 0.2) is 73.6 Å². The summed E-state index contributed by atoms with van der Waals surface area (Å²) in [5.41, 5.74) is -2.87. The normalized spacial score (nSPS) is 29.9. The molecule has 0 aromatic heterocycles. The molecular weight excluding hydrogens is 1360 g/mol. The van der Waals surface area contributed by atoms with Crippen LogP contribution in [-0.2, 0) is 167 Å². The minimum atomic E-state index is -1.98. The Hall–Kier alpha value is -7.49. The Morgan fingerprint density at radius 3 is 0.908 bits per heavy atom. The second kappa shape index (κ2) is 39.9. The number of esters is 14. The zero-order valence-electron chi connectivity index (χ0n) is 56.2. The van der Waals surface area contributed by atoms with E-state index in [1.165, 1.54) is 0 Å². The fourth-order valence-corrected chi connectivity index (χ4v) is 13.6. The van der Waals surface area contributed by atoms with Crippen molar-refractivity contribution in [1.29, 1.82) is 0 Å². The predicted molar refractivity (Wildman–Crippen MR) is 321 cm³/mol. The Kier molecular flexibility index (Phi) is 33.8. The maximum atomic E-state index is 13.3. The van der Waals surface area contributed by atoms with E-state index in [9.17, 15) is 77.0 Å². The van der Waals surface area contributed by atoms with Gasteiger partial charge < -0.3 is 99.8 Å². The molecule has 0 aromatic carbocycles. The molecule has 38 heteroatoms. The lowest BCUT2D eigenvalue weighted by Crippen LogP contribution is -2.67. The number of unbranched alkanes of at least 4 members (excludes halogenated alkanes) is 1. The molecule has 0 spiro atoms. The Bertz CT molecular complexity index is 2830. The summed E-state index contributed by atoms with van der Waals surface area (Å²) >= 11 is 1.91. The first kappa shape index (κ1) is 82.9. The lowest BCUT2D eigenvalue weighted by Gasteiger charge is -2.49. The van der Waals surface area contributed by atoms with Crippen LogP contribution in [0, 0.1) is 0 Å². The first-order chi connectivity index (χ1) is 45.9. The first-order valence-corrected chi connectivity index (χ1v) is 32.6. The summed E-state index contributed by atoms with van der Waals surface area (Å²) < 4.78 is 117. The maximum Gasteiger partial charge on any atom is 0.303 e. The summed E-state index contributed by atoms with van der Waals surface area (Å²) in [6.45, 7) is 11.3. The summed E-state index contributed by atoms with van der Waals surface area (Å²) in [6.07, 6.45) is -31.1. The average molecular weight is 1450 g/mol. The summed E-state index contributed by atoms with van der Waals surface area (Å²) in [4.78, 5) is 190. The van der Waals surface area contributed by atoms with Gasteiger partial charge in [-0.25, -0.2) is 0 Å². The highest BCUT2D eigenvalue weighted by atomic mass is 32.2. The number of hydrogen-bond donors (Lipinski definition) is 1. The van der Waals surface area contributed by atoms with E-state index in [0.717, 1.165) is 120 Å². The van der Waals surface area contributed by atoms with Gasteiger partial charge in [0.1, 0.15) is 73.9 Å². The highest BCUT2D eigenvalue weighted by molar-refractivity contribution is 8.01. The van der Waals surface area contributed by atoms with Crippen molar-refractivity contribution in [3.63, 3.8) is 0 Å². The van der Waals surface area contributed by atoms with Gasteiger partial charge in [0.25, 0.3) is 0 Å². The minimum Gasteiger partial charge on any atom is -0.481 e. The third-order valence-electron chi connectivity index (χ3n) is 14.0. The molecule has 4 aliphatic heterocycles. The van der Waals surface area contributed by atoms with E-state index >= 15 is 0 Å². The lowest BCUT2D eigenvalue weighted by atomic mass is 9.96. The van der Waals surface area contributed by atoms with Crippen molar-refractivity contribution in [2.45, 2.75) is 255 Å². The van der Waals surface area contributed by atoms with Gasteiger partial charge in [0, 0.05) is 109 Å². The minimum absolute atomic E-state index is 0.0384. The van der Waals surface area contributed by atoms with Crippen molar-refractivity contribution in [3.8, 4) is 0 Å². The fourth-order valence-electron chi connectivity index (χ4n) is 10.6. The highest BCUT2D eigenvalue weighted by Crippen LogP contribution is 2.43. The van der Waals surface area contributed by atoms with Crippen LogP contribution in [0.15, 0.2) is 0 Å². The molecule has 0 saturated carbocycles. The highest BCUT2D eigenvalue weighted by Gasteiger charge is 2.60. The van der Waals surface area contributed by atoms with Crippen molar-refractivity contribution in [1.82, 2.24) is 0 Å². The molecule has 4 fully saturated rings. The largest absolute Gasteiger partial charge is 0.481 e. The number of hydrogen-bond acceptors (Lipinski definition) is 37. The van der Waals surface area contributed by atoms with E-state index in [2.05, 4.69) is 0 Å². The molecule has 0 radical (unpaired) electrons. The Balaban J connectivity index is 1.86. The van der Waals surface area contributed by atoms with E-state index in [0.29, 0.717) is 0 Å². The second-order valence-corrected chi connectivity index (χ2v) is 25.0. The van der Waals surface area contributed by atoms with Crippen molar-refractivity contribution in [2.24, 2.45) is 0 Å². The van der Waals surface area contributed by atoms with E-state index < -0.39 is 242 Å². The van der Waals surface area contributed by atoms with Crippen molar-refractivity contribution >= 4 is 113 Å². The zero-order chi connectivity index (χ0) is 73.4. The molecule has 0 bridgehead atoms. The molecule has 0 aromatic rings. The number of rotatable bonds is 33. The molecule has 4 saturated heterocycles. The van der Waals surface area contributed by atoms with Gasteiger partial charge in [-0.15, -0.1) is 23.5 Å². The van der Waals surface area contributed by atoms with Crippen molar-refractivity contribution in [3.05, 3.63) is 0 Å². The topological polar surface area (TPSA) is 461 Å². The Labute approximate surface area is 570 Å². The van der Waals surface area contributed by atoms with Gasteiger partial charge >= 0.3 is 89.5 Å². The molecule has 0 aliphatic carbocycles. The summed E-state index contributed by atoms with van der Waals surface area (Å²) in [5.74, 6) is -14.5. The third kappa shape index (κ3) is 27.3. The maximum absolute atomic E-state index is 13.3. The van der Waals surface area contributed by atoms with Gasteiger partial charge in [-0.3, -0.25) is 71.9 Å². The van der Waals surface area contributed by atoms with Crippen LogP contribution in [0.2, 0.25) is 0 Å². The zero-order valence-corrected chi connectivity index (χ0v) is 57.9. The molecule has 98 heavy (non-hydrogen) atoms. The number of thioether (sulfide) groups is 2. The van der Waals surface area contributed by atoms with Gasteiger partial charge in [-0.05, 0) is 25.0 Å². The number of ether oxygens (including phenoxy) is 20. The number of carboxylic acids is 1. The molecule has 1 N–H and O–H groups in total. The summed E-state index contributed by atoms with van der Waals surface area (Å²) in [6, 6.07) is 0. The predicted octanol–water partition coefficient (Wildman–Crippen LogP) is 1.10. The Morgan fingerprint density at radius 2 is 0.592 bits per heavy atom. The monoisotopic (exact) mass is 1440 g/mol. The quantitative estimate of drug-likeness (QED) is 0.0546. The van der Waals surface area contributed by atoms with Crippen molar-refractivity contribution in [2.75, 3.05) is 32.2 Å². The standard InChI is InChI=1S/C60H84O36S2/c1-25(61)77-21-40-45(81-29(5)65)49(83-31(7)67)53(87-35(11)71)57(91-40)95-47-42(23-79-27(3)63)93-59(55(89-37(13)73)51(47)85-33(9)69)97-20-19-39(17-15-16-18-44(75)76)98-60-56(90-38(14)74)52(86-34(10)70)48(43(94-60)24-80-28(4)64)96-58-54(88-36(12)72)50(84-32(8)68)46(82-30(6)66)41(92-58)22-78-26(2)62/h39-43,45-60H,15-24H2,1-14H3,(H,75,76)/t39?,40-,41-,42-,43-,45+,46+,47-,48-,49?,50?,51?,52?,53-,54-,55-,56-,57+,58+,59+,60+/m1/s1. The van der Waals surface area contributed by atoms with Crippen LogP contribution in [0.25, 0.3) is 0 Å². The number of carboxylic acid groups (broad SMARTS) is 1. The molecule has 0 amide bonds. The number of carbonyl (C=O) groups excluding carboxylic acids is 14. The second-order valence-electron chi connectivity index (χ2n) is 22.4. The number of carbonyl (C=O) groups is 15. The van der Waals surface area contributed by atoms with E-state index in [1.807, 2.05) is 0 Å². The SMILES string of the molecule is CC(=O)OC[C@H]1O[C@@H](O[C@H]2C(OC(C)=O)[C@@H](OC(C)=O)[C@H](SCCC(CCCCC(=O)O)S[C@@H]3O[C@H](COC(C)=O)[C@@H](O[C@@H]4O[C@H](COC(C)=O)[C@H](OC(C)=O)C(OC(C)=O)[C@H]4OC(C)=O)C(OC(C)=O)[C@H]3OC(C)=O)O[C@@H]2COC(C)=O)[C@H](OC(C)=O)C(OC(C)=O)[C@H]1OC(C)=O. The van der Waals surface area contributed by atoms with Gasteiger partial charge in [-0.2, -0.15) is 0 Å². The van der Waals surface area contributed by atoms with E-state index in [-0.39, 0.29) is 37.9 Å². The van der Waals surface area contributed by atoms with Crippen LogP contribution in [-0.4, -0.2) is 253 Å². The van der Waals surface area contributed by atoms with Gasteiger partial charge in [0.05, 0.1) is 0 Å². The smallest absolute Gasteiger partial charge is 0.303 e. The molecule has 21 atom stereocenters. The van der Waals surface area contributed by atoms with Gasteiger partial charge in [-0.1, -0.05) is 6.42 Å². The molecule has 4 rings (SSSR count). The van der Waals surface area contributed by atoms with Crippen molar-refractivity contribution < 1.29 is 172 Å². The summed E-state index contributed by atoms with van der Waals surface area (Å²) in [5, 5.41) is 8.90. The fraction of sp³-hybridized carbons (Fsp3) is 0.750. The van der Waals surface area contributed by atoms with Crippen LogP contribution in [0.4, 0.5) is 0 Å². The van der Waals surface area contributed by atoms with Crippen LogP contribution in [0.3, 0.4) is 0 Å². The molecule has 4 aliphatic rings. The third-order valence-corrected chi connectivity index (χ3v) is 16.7. The average Bonchev–Trinajstić information content (AvgIpc) is 0.776. The molecule has 4 heterocycles. The first-order valence-electron chi connectivity index (χ1n) is 30.6. The number of aliphatic carboxylic acids is 1. The van der Waals surface area contributed by atoms with Crippen LogP contribution >= 0.6 is 23.5 Å². The summed E-state index contributed by atoms with van der Waals surface area (Å²) in [7, 11) is 0. The lowest BCUT2D eigenvalue weighted by molar-refractivity contribution is -0.341. The molecular formula is C60H84O36S2. The van der Waals surface area contributed by atoms with E-state index in [4.69, 9.17) is 94.7 Å².